The normalized spacial score (nSPS) is 18.0. The van der Waals surface area contributed by atoms with Crippen molar-refractivity contribution in [2.75, 3.05) is 32.7 Å². The number of aliphatic carboxylic acids is 2. The van der Waals surface area contributed by atoms with Crippen molar-refractivity contribution in [2.45, 2.75) is 50.2 Å². The third-order valence-corrected chi connectivity index (χ3v) is 6.50. The van der Waals surface area contributed by atoms with Gasteiger partial charge in [-0.15, -0.1) is 0 Å². The lowest BCUT2D eigenvalue weighted by molar-refractivity contribution is -0.193. The maximum Gasteiger partial charge on any atom is 0.490 e. The molecular weight excluding hydrogens is 538 g/mol. The molecule has 9 nitrogen and oxygen atoms in total. The molecule has 1 aromatic carbocycles. The number of halogens is 6. The number of nitrogens with zero attached hydrogens (tertiary/aromatic N) is 3. The maximum absolute atomic E-state index is 10.6. The summed E-state index contributed by atoms with van der Waals surface area (Å²) in [6, 6.07) is 8.46. The van der Waals surface area contributed by atoms with Gasteiger partial charge in [-0.2, -0.15) is 31.4 Å². The van der Waals surface area contributed by atoms with Crippen molar-refractivity contribution in [3.63, 3.8) is 0 Å². The monoisotopic (exact) mass is 566 g/mol. The Kier molecular flexibility index (Phi) is 9.48. The Morgan fingerprint density at radius 2 is 1.49 bits per heavy atom. The Hall–Kier alpha value is -3.33. The van der Waals surface area contributed by atoms with Crippen molar-refractivity contribution < 1.29 is 50.9 Å². The highest BCUT2D eigenvalue weighted by molar-refractivity contribution is 5.74. The summed E-state index contributed by atoms with van der Waals surface area (Å²) < 4.78 is 72.3. The molecule has 5 rings (SSSR count). The minimum atomic E-state index is -5.08. The number of carboxylic acids is 2. The third kappa shape index (κ3) is 7.62. The van der Waals surface area contributed by atoms with Gasteiger partial charge in [-0.3, -0.25) is 4.68 Å². The van der Waals surface area contributed by atoms with E-state index in [9.17, 15) is 26.3 Å². The number of fused-ring (bicyclic) bond motifs is 4. The van der Waals surface area contributed by atoms with Gasteiger partial charge >= 0.3 is 24.3 Å². The molecule has 15 heteroatoms. The van der Waals surface area contributed by atoms with Crippen LogP contribution in [0, 0.1) is 0 Å². The number of alkyl halides is 6. The van der Waals surface area contributed by atoms with Gasteiger partial charge in [0.2, 0.25) is 0 Å². The number of likely N-dealkylation sites (tertiary alicyclic amines) is 1. The van der Waals surface area contributed by atoms with Crippen LogP contribution >= 0.6 is 0 Å². The van der Waals surface area contributed by atoms with Crippen molar-refractivity contribution in [1.29, 1.82) is 0 Å². The average Bonchev–Trinajstić information content (AvgIpc) is 3.54. The van der Waals surface area contributed by atoms with Crippen LogP contribution in [0.2, 0.25) is 0 Å². The lowest BCUT2D eigenvalue weighted by atomic mass is 9.81. The van der Waals surface area contributed by atoms with E-state index >= 15 is 0 Å². The van der Waals surface area contributed by atoms with Crippen molar-refractivity contribution in [2.24, 2.45) is 0 Å². The number of aromatic nitrogens is 2. The van der Waals surface area contributed by atoms with Crippen molar-refractivity contribution in [1.82, 2.24) is 20.0 Å². The van der Waals surface area contributed by atoms with Gasteiger partial charge in [0.25, 0.3) is 0 Å². The molecule has 3 aliphatic heterocycles. The summed E-state index contributed by atoms with van der Waals surface area (Å²) >= 11 is 0. The second kappa shape index (κ2) is 12.2. The van der Waals surface area contributed by atoms with E-state index in [-0.39, 0.29) is 5.60 Å². The molecular formula is C24H28F6N4O5. The zero-order chi connectivity index (χ0) is 28.8. The highest BCUT2D eigenvalue weighted by Crippen LogP contribution is 2.48. The number of hydrogen-bond acceptors (Lipinski definition) is 6. The minimum Gasteiger partial charge on any atom is -0.482 e. The Morgan fingerprint density at radius 1 is 0.949 bits per heavy atom. The summed E-state index contributed by atoms with van der Waals surface area (Å²) in [5.74, 6) is -4.50. The Labute approximate surface area is 219 Å². The standard InChI is InChI=1S/C20H26N4O.2C2HF3O2/c1-2-6-18-16(5-1)19-17(20(25-18)7-9-21-10-8-20)15-22-24(19)14-13-23-11-3-4-12-23;2*3-2(4,5)1(6)7/h1-2,5-6,15,21H,3-4,7-14H2;2*(H,6,7). The molecule has 0 saturated carbocycles. The smallest absolute Gasteiger partial charge is 0.482 e. The number of ether oxygens (including phenoxy) is 1. The molecule has 216 valence electrons. The van der Waals surface area contributed by atoms with Gasteiger partial charge in [-0.25, -0.2) is 9.59 Å². The van der Waals surface area contributed by atoms with Crippen molar-refractivity contribution in [3.8, 4) is 17.0 Å². The average molecular weight is 566 g/mol. The van der Waals surface area contributed by atoms with Crippen molar-refractivity contribution >= 4 is 11.9 Å². The summed E-state index contributed by atoms with van der Waals surface area (Å²) in [6.45, 7) is 6.52. The first-order valence-corrected chi connectivity index (χ1v) is 12.1. The molecule has 4 heterocycles. The third-order valence-electron chi connectivity index (χ3n) is 6.50. The second-order valence-corrected chi connectivity index (χ2v) is 9.13. The first-order chi connectivity index (χ1) is 18.2. The molecule has 2 saturated heterocycles. The number of rotatable bonds is 3. The molecule has 39 heavy (non-hydrogen) atoms. The Balaban J connectivity index is 0.000000251. The molecule has 3 N–H and O–H groups in total. The number of hydrogen-bond donors (Lipinski definition) is 3. The first-order valence-electron chi connectivity index (χ1n) is 12.1. The first kappa shape index (κ1) is 30.2. The van der Waals surface area contributed by atoms with Crippen LogP contribution in [-0.2, 0) is 21.7 Å². The fourth-order valence-corrected chi connectivity index (χ4v) is 4.63. The lowest BCUT2D eigenvalue weighted by Gasteiger charge is -2.41. The summed E-state index contributed by atoms with van der Waals surface area (Å²) in [6.07, 6.45) is -3.41. The SMILES string of the molecule is O=C(O)C(F)(F)F.O=C(O)C(F)(F)F.c1ccc2c(c1)OC1(CCNCC1)c1cnn(CCN3CCCC3)c1-2. The zero-order valence-corrected chi connectivity index (χ0v) is 20.7. The van der Waals surface area contributed by atoms with Gasteiger partial charge in [-0.1, -0.05) is 12.1 Å². The number of piperidine rings is 1. The van der Waals surface area contributed by atoms with Gasteiger partial charge < -0.3 is 25.2 Å². The highest BCUT2D eigenvalue weighted by Gasteiger charge is 2.44. The van der Waals surface area contributed by atoms with Crippen LogP contribution < -0.4 is 10.1 Å². The number of para-hydroxylation sites is 1. The summed E-state index contributed by atoms with van der Waals surface area (Å²) in [5, 5.41) is 22.5. The molecule has 0 radical (unpaired) electrons. The van der Waals surface area contributed by atoms with Gasteiger partial charge in [0, 0.05) is 30.5 Å². The predicted octanol–water partition coefficient (Wildman–Crippen LogP) is 3.88. The Bertz CT molecular complexity index is 1110. The van der Waals surface area contributed by atoms with E-state index in [2.05, 4.69) is 45.4 Å². The second-order valence-electron chi connectivity index (χ2n) is 9.13. The summed E-state index contributed by atoms with van der Waals surface area (Å²) in [4.78, 5) is 20.3. The molecule has 0 bridgehead atoms. The van der Waals surface area contributed by atoms with Gasteiger partial charge in [-0.05, 0) is 51.2 Å². The lowest BCUT2D eigenvalue weighted by Crippen LogP contribution is -2.45. The molecule has 3 aliphatic rings. The molecule has 0 aliphatic carbocycles. The van der Waals surface area contributed by atoms with Crippen LogP contribution in [0.4, 0.5) is 26.3 Å². The van der Waals surface area contributed by atoms with Crippen LogP contribution in [0.5, 0.6) is 5.75 Å². The minimum absolute atomic E-state index is 0.208. The fraction of sp³-hybridized carbons (Fsp3) is 0.542. The predicted molar refractivity (Wildman–Crippen MR) is 125 cm³/mol. The van der Waals surface area contributed by atoms with Crippen molar-refractivity contribution in [3.05, 3.63) is 36.0 Å². The van der Waals surface area contributed by atoms with E-state index in [0.29, 0.717) is 0 Å². The quantitative estimate of drug-likeness (QED) is 0.480. The van der Waals surface area contributed by atoms with E-state index in [1.807, 2.05) is 0 Å². The largest absolute Gasteiger partial charge is 0.490 e. The van der Waals surface area contributed by atoms with E-state index < -0.39 is 24.3 Å². The highest BCUT2D eigenvalue weighted by atomic mass is 19.4. The topological polar surface area (TPSA) is 117 Å². The van der Waals surface area contributed by atoms with Gasteiger partial charge in [0.15, 0.2) is 0 Å². The summed E-state index contributed by atoms with van der Waals surface area (Å²) in [7, 11) is 0. The van der Waals surface area contributed by atoms with Crippen LogP contribution in [0.3, 0.4) is 0 Å². The van der Waals surface area contributed by atoms with Gasteiger partial charge in [0.05, 0.1) is 18.4 Å². The van der Waals surface area contributed by atoms with Gasteiger partial charge in [0.1, 0.15) is 11.4 Å². The number of carboxylic acid groups (broad SMARTS) is 2. The van der Waals surface area contributed by atoms with Crippen LogP contribution in [0.15, 0.2) is 30.5 Å². The molecule has 0 unspecified atom stereocenters. The summed E-state index contributed by atoms with van der Waals surface area (Å²) in [5.41, 5.74) is 3.55. The van der Waals surface area contributed by atoms with E-state index in [4.69, 9.17) is 29.6 Å². The van der Waals surface area contributed by atoms with E-state index in [1.165, 1.54) is 42.8 Å². The molecule has 0 amide bonds. The number of benzene rings is 1. The zero-order valence-electron chi connectivity index (χ0n) is 20.7. The molecule has 2 fully saturated rings. The maximum atomic E-state index is 10.6. The molecule has 1 spiro atoms. The molecule has 0 atom stereocenters. The van der Waals surface area contributed by atoms with E-state index in [1.54, 1.807) is 0 Å². The fourth-order valence-electron chi connectivity index (χ4n) is 4.63. The van der Waals surface area contributed by atoms with Crippen LogP contribution in [-0.4, -0.2) is 81.9 Å². The molecule has 2 aromatic rings. The van der Waals surface area contributed by atoms with Crippen LogP contribution in [0.25, 0.3) is 11.3 Å². The number of nitrogens with one attached hydrogen (secondary N) is 1. The molecule has 1 aromatic heterocycles. The van der Waals surface area contributed by atoms with E-state index in [0.717, 1.165) is 44.8 Å². The Morgan fingerprint density at radius 3 is 2.03 bits per heavy atom. The van der Waals surface area contributed by atoms with Crippen LogP contribution in [0.1, 0.15) is 31.2 Å². The number of carbonyl (C=O) groups is 2.